The van der Waals surface area contributed by atoms with Gasteiger partial charge in [-0.3, -0.25) is 4.79 Å². The third-order valence-corrected chi connectivity index (χ3v) is 2.98. The molecule has 9 heteroatoms. The van der Waals surface area contributed by atoms with Crippen LogP contribution in [0.15, 0.2) is 36.5 Å². The van der Waals surface area contributed by atoms with Gasteiger partial charge in [-0.05, 0) is 22.6 Å². The first-order chi connectivity index (χ1) is 11.0. The summed E-state index contributed by atoms with van der Waals surface area (Å²) in [5.74, 6) is -1.07. The van der Waals surface area contributed by atoms with E-state index in [0.717, 1.165) is 5.56 Å². The zero-order chi connectivity index (χ0) is 16.8. The maximum atomic E-state index is 11.8. The van der Waals surface area contributed by atoms with Crippen LogP contribution in [0.2, 0.25) is 0 Å². The minimum atomic E-state index is -0.628. The van der Waals surface area contributed by atoms with Crippen LogP contribution in [0.3, 0.4) is 0 Å². The third-order valence-electron chi connectivity index (χ3n) is 2.98. The minimum Gasteiger partial charge on any atom is -0.465 e. The van der Waals surface area contributed by atoms with Crippen molar-refractivity contribution in [3.8, 4) is 0 Å². The number of nitrogens with zero attached hydrogens (tertiary/aromatic N) is 3. The zero-order valence-corrected chi connectivity index (χ0v) is 12.3. The van der Waals surface area contributed by atoms with E-state index in [9.17, 15) is 19.7 Å². The lowest BCUT2D eigenvalue weighted by Gasteiger charge is -2.05. The SMILES string of the molecule is COC(=O)c1ccc(CNC(=O)Cn2ccc([N+](=O)[O-])n2)cc1. The smallest absolute Gasteiger partial charge is 0.389 e. The van der Waals surface area contributed by atoms with Crippen molar-refractivity contribution in [1.82, 2.24) is 15.1 Å². The van der Waals surface area contributed by atoms with Crippen LogP contribution < -0.4 is 5.32 Å². The molecule has 0 aliphatic rings. The van der Waals surface area contributed by atoms with E-state index in [1.54, 1.807) is 24.3 Å². The number of ether oxygens (including phenoxy) is 1. The molecule has 0 unspecified atom stereocenters. The summed E-state index contributed by atoms with van der Waals surface area (Å²) < 4.78 is 5.78. The van der Waals surface area contributed by atoms with Crippen LogP contribution in [0.5, 0.6) is 0 Å². The third kappa shape index (κ3) is 4.37. The number of aromatic nitrogens is 2. The van der Waals surface area contributed by atoms with Crippen molar-refractivity contribution in [2.75, 3.05) is 7.11 Å². The molecule has 0 aliphatic carbocycles. The van der Waals surface area contributed by atoms with E-state index in [1.165, 1.54) is 24.1 Å². The topological polar surface area (TPSA) is 116 Å². The van der Waals surface area contributed by atoms with Crippen molar-refractivity contribution in [3.63, 3.8) is 0 Å². The predicted molar refractivity (Wildman–Crippen MR) is 78.5 cm³/mol. The number of methoxy groups -OCH3 is 1. The van der Waals surface area contributed by atoms with E-state index >= 15 is 0 Å². The van der Waals surface area contributed by atoms with Gasteiger partial charge in [0.2, 0.25) is 5.91 Å². The molecule has 0 aliphatic heterocycles. The van der Waals surface area contributed by atoms with Crippen LogP contribution in [0.25, 0.3) is 0 Å². The molecule has 1 aromatic heterocycles. The molecule has 0 bridgehead atoms. The first kappa shape index (κ1) is 16.1. The van der Waals surface area contributed by atoms with Gasteiger partial charge in [-0.15, -0.1) is 0 Å². The highest BCUT2D eigenvalue weighted by Gasteiger charge is 2.13. The number of hydrogen-bond donors (Lipinski definition) is 1. The first-order valence-corrected chi connectivity index (χ1v) is 6.61. The maximum absolute atomic E-state index is 11.8. The lowest BCUT2D eigenvalue weighted by molar-refractivity contribution is -0.389. The number of carbonyl (C=O) groups excluding carboxylic acids is 2. The molecule has 9 nitrogen and oxygen atoms in total. The summed E-state index contributed by atoms with van der Waals surface area (Å²) in [5.41, 5.74) is 1.23. The Morgan fingerprint density at radius 2 is 2.00 bits per heavy atom. The first-order valence-electron chi connectivity index (χ1n) is 6.61. The van der Waals surface area contributed by atoms with Crippen molar-refractivity contribution < 1.29 is 19.2 Å². The molecule has 120 valence electrons. The van der Waals surface area contributed by atoms with Crippen molar-refractivity contribution in [3.05, 3.63) is 57.8 Å². The van der Waals surface area contributed by atoms with Crippen LogP contribution >= 0.6 is 0 Å². The second kappa shape index (κ2) is 7.16. The molecule has 23 heavy (non-hydrogen) atoms. The average Bonchev–Trinajstić information content (AvgIpc) is 3.01. The van der Waals surface area contributed by atoms with Crippen molar-refractivity contribution in [2.45, 2.75) is 13.1 Å². The van der Waals surface area contributed by atoms with Gasteiger partial charge >= 0.3 is 11.8 Å². The predicted octanol–water partition coefficient (Wildman–Crippen LogP) is 0.894. The average molecular weight is 318 g/mol. The number of benzene rings is 1. The molecular formula is C14H14N4O5. The lowest BCUT2D eigenvalue weighted by Crippen LogP contribution is -2.27. The van der Waals surface area contributed by atoms with E-state index in [0.29, 0.717) is 5.56 Å². The molecule has 1 amide bonds. The normalized spacial score (nSPS) is 10.1. The lowest BCUT2D eigenvalue weighted by atomic mass is 10.1. The Balaban J connectivity index is 1.86. The summed E-state index contributed by atoms with van der Waals surface area (Å²) in [5, 5.41) is 16.8. The number of amides is 1. The molecule has 0 saturated carbocycles. The van der Waals surface area contributed by atoms with E-state index in [1.807, 2.05) is 0 Å². The van der Waals surface area contributed by atoms with Crippen molar-refractivity contribution in [1.29, 1.82) is 0 Å². The molecule has 0 saturated heterocycles. The van der Waals surface area contributed by atoms with Crippen LogP contribution in [0, 0.1) is 10.1 Å². The van der Waals surface area contributed by atoms with Crippen LogP contribution in [-0.4, -0.2) is 33.7 Å². The summed E-state index contributed by atoms with van der Waals surface area (Å²) in [6, 6.07) is 7.82. The van der Waals surface area contributed by atoms with Gasteiger partial charge in [0.05, 0.1) is 30.0 Å². The molecule has 1 aromatic carbocycles. The zero-order valence-electron chi connectivity index (χ0n) is 12.3. The van der Waals surface area contributed by atoms with Gasteiger partial charge in [-0.2, -0.15) is 4.68 Å². The molecule has 0 spiro atoms. The number of rotatable bonds is 6. The van der Waals surface area contributed by atoms with Gasteiger partial charge in [0, 0.05) is 6.54 Å². The Morgan fingerprint density at radius 3 is 2.57 bits per heavy atom. The van der Waals surface area contributed by atoms with Crippen LogP contribution in [-0.2, 0) is 22.6 Å². The second-order valence-electron chi connectivity index (χ2n) is 4.59. The summed E-state index contributed by atoms with van der Waals surface area (Å²) >= 11 is 0. The van der Waals surface area contributed by atoms with Gasteiger partial charge < -0.3 is 20.2 Å². The molecule has 0 atom stereocenters. The summed E-state index contributed by atoms with van der Waals surface area (Å²) in [6.07, 6.45) is 1.36. The van der Waals surface area contributed by atoms with Gasteiger partial charge in [0.15, 0.2) is 0 Å². The van der Waals surface area contributed by atoms with E-state index in [2.05, 4.69) is 15.2 Å². The second-order valence-corrected chi connectivity index (χ2v) is 4.59. The van der Waals surface area contributed by atoms with E-state index in [4.69, 9.17) is 0 Å². The van der Waals surface area contributed by atoms with Crippen molar-refractivity contribution >= 4 is 17.7 Å². The molecular weight excluding hydrogens is 304 g/mol. The maximum Gasteiger partial charge on any atom is 0.389 e. The van der Waals surface area contributed by atoms with Crippen LogP contribution in [0.4, 0.5) is 5.82 Å². The Kier molecular flexibility index (Phi) is 5.03. The van der Waals surface area contributed by atoms with Crippen molar-refractivity contribution in [2.24, 2.45) is 0 Å². The number of nitro groups is 1. The largest absolute Gasteiger partial charge is 0.465 e. The highest BCUT2D eigenvalue weighted by atomic mass is 16.6. The van der Waals surface area contributed by atoms with Gasteiger partial charge in [-0.1, -0.05) is 12.1 Å². The number of carbonyl (C=O) groups is 2. The Morgan fingerprint density at radius 1 is 1.30 bits per heavy atom. The van der Waals surface area contributed by atoms with Gasteiger partial charge in [-0.25, -0.2) is 4.79 Å². The summed E-state index contributed by atoms with van der Waals surface area (Å²) in [7, 11) is 1.30. The van der Waals surface area contributed by atoms with Gasteiger partial charge in [0.25, 0.3) is 0 Å². The number of hydrogen-bond acceptors (Lipinski definition) is 6. The fraction of sp³-hybridized carbons (Fsp3) is 0.214. The molecule has 2 aromatic rings. The molecule has 0 radical (unpaired) electrons. The molecule has 1 N–H and O–H groups in total. The molecule has 1 heterocycles. The Hall–Kier alpha value is -3.23. The standard InChI is InChI=1S/C14H14N4O5/c1-23-14(20)11-4-2-10(3-5-11)8-15-13(19)9-17-7-6-12(16-17)18(21)22/h2-7H,8-9H2,1H3,(H,15,19). The summed E-state index contributed by atoms with van der Waals surface area (Å²) in [4.78, 5) is 32.9. The Labute approximate surface area is 131 Å². The molecule has 0 fully saturated rings. The number of nitrogens with one attached hydrogen (secondary N) is 1. The highest BCUT2D eigenvalue weighted by Crippen LogP contribution is 2.06. The highest BCUT2D eigenvalue weighted by molar-refractivity contribution is 5.89. The van der Waals surface area contributed by atoms with Gasteiger partial charge in [0.1, 0.15) is 6.54 Å². The van der Waals surface area contributed by atoms with E-state index < -0.39 is 10.9 Å². The number of esters is 1. The van der Waals surface area contributed by atoms with E-state index in [-0.39, 0.29) is 24.8 Å². The fourth-order valence-electron chi connectivity index (χ4n) is 1.82. The molecule has 2 rings (SSSR count). The van der Waals surface area contributed by atoms with Crippen LogP contribution in [0.1, 0.15) is 15.9 Å². The Bertz CT molecular complexity index is 723. The fourth-order valence-corrected chi connectivity index (χ4v) is 1.82. The minimum absolute atomic E-state index is 0.117. The summed E-state index contributed by atoms with van der Waals surface area (Å²) in [6.45, 7) is 0.151. The quantitative estimate of drug-likeness (QED) is 0.480. The monoisotopic (exact) mass is 318 g/mol.